The van der Waals surface area contributed by atoms with E-state index in [-0.39, 0.29) is 28.0 Å². The summed E-state index contributed by atoms with van der Waals surface area (Å²) in [7, 11) is 1.71. The number of thioether (sulfide) groups is 1. The second-order valence-corrected chi connectivity index (χ2v) is 12.1. The van der Waals surface area contributed by atoms with Gasteiger partial charge in [-0.2, -0.15) is 0 Å². The minimum atomic E-state index is -0.117. The molecular formula is C28H31NO5S. The van der Waals surface area contributed by atoms with Crippen molar-refractivity contribution in [3.05, 3.63) is 53.5 Å². The van der Waals surface area contributed by atoms with Crippen molar-refractivity contribution in [2.45, 2.75) is 61.0 Å². The highest BCUT2D eigenvalue weighted by Gasteiger charge is 2.66. The maximum Gasteiger partial charge on any atom is 0.212 e. The standard InChI is InChI=1S/C28H31NO5S/c1-32-22-5-3-17-12-20-19-4-6-23(35-24(31)7-2-16-8-11-33-15-16)27-28(19,25(17)26(22)34-27)9-10-29(20)14-18-13-21(18)30/h2-3,5,7-8,11,15,18-21,23,27,30H,4,6,9-10,12-14H2,1H3/t18?,19-,20+,21?,23+,27-,28-/m0/s1. The lowest BCUT2D eigenvalue weighted by Gasteiger charge is -2.59. The number of benzene rings is 1. The first kappa shape index (κ1) is 22.0. The molecule has 0 radical (unpaired) electrons. The van der Waals surface area contributed by atoms with Crippen LogP contribution in [0.3, 0.4) is 0 Å². The minimum absolute atomic E-state index is 0.0287. The molecule has 5 aliphatic rings. The van der Waals surface area contributed by atoms with Crippen molar-refractivity contribution in [3.8, 4) is 11.5 Å². The Balaban J connectivity index is 1.22. The highest BCUT2D eigenvalue weighted by Crippen LogP contribution is 2.65. The van der Waals surface area contributed by atoms with E-state index in [0.29, 0.717) is 17.9 Å². The molecular weight excluding hydrogens is 462 g/mol. The number of piperidine rings is 1. The Labute approximate surface area is 209 Å². The van der Waals surface area contributed by atoms with Gasteiger partial charge in [0.05, 0.1) is 31.0 Å². The van der Waals surface area contributed by atoms with Crippen molar-refractivity contribution < 1.29 is 23.8 Å². The van der Waals surface area contributed by atoms with Gasteiger partial charge in [0.1, 0.15) is 6.10 Å². The molecule has 2 bridgehead atoms. The lowest BCUT2D eigenvalue weighted by atomic mass is 9.52. The Morgan fingerprint density at radius 2 is 2.23 bits per heavy atom. The number of furan rings is 1. The van der Waals surface area contributed by atoms with Crippen molar-refractivity contribution >= 4 is 23.0 Å². The van der Waals surface area contributed by atoms with Crippen LogP contribution in [-0.2, 0) is 16.6 Å². The zero-order chi connectivity index (χ0) is 23.7. The number of ether oxygens (including phenoxy) is 2. The number of carbonyl (C=O) groups excluding carboxylic acids is 1. The molecule has 6 nitrogen and oxygen atoms in total. The zero-order valence-electron chi connectivity index (χ0n) is 19.9. The van der Waals surface area contributed by atoms with Gasteiger partial charge in [-0.15, -0.1) is 0 Å². The topological polar surface area (TPSA) is 72.1 Å². The summed E-state index contributed by atoms with van der Waals surface area (Å²) in [4.78, 5) is 15.6. The van der Waals surface area contributed by atoms with E-state index in [1.54, 1.807) is 25.7 Å². The van der Waals surface area contributed by atoms with Crippen molar-refractivity contribution in [1.82, 2.24) is 4.90 Å². The van der Waals surface area contributed by atoms with Crippen LogP contribution in [0.4, 0.5) is 0 Å². The highest BCUT2D eigenvalue weighted by atomic mass is 32.2. The summed E-state index contributed by atoms with van der Waals surface area (Å²) in [5, 5.41) is 10.2. The molecule has 3 fully saturated rings. The Kier molecular flexibility index (Phi) is 5.13. The fourth-order valence-corrected chi connectivity index (χ4v) is 8.65. The van der Waals surface area contributed by atoms with Crippen LogP contribution in [0.1, 0.15) is 42.4 Å². The number of nitrogens with zero attached hydrogens (tertiary/aromatic N) is 1. The molecule has 7 atom stereocenters. The fraction of sp³-hybridized carbons (Fsp3) is 0.536. The van der Waals surface area contributed by atoms with E-state index in [4.69, 9.17) is 13.9 Å². The monoisotopic (exact) mass is 493 g/mol. The summed E-state index contributed by atoms with van der Waals surface area (Å²) in [5.74, 6) is 2.66. The summed E-state index contributed by atoms with van der Waals surface area (Å²) >= 11 is 1.43. The number of carbonyl (C=O) groups is 1. The van der Waals surface area contributed by atoms with Crippen molar-refractivity contribution in [2.24, 2.45) is 11.8 Å². The summed E-state index contributed by atoms with van der Waals surface area (Å²) in [5.41, 5.74) is 3.57. The molecule has 1 aromatic heterocycles. The first-order valence-corrected chi connectivity index (χ1v) is 13.7. The normalized spacial score (nSPS) is 36.6. The van der Waals surface area contributed by atoms with Crippen LogP contribution in [-0.4, -0.2) is 58.8 Å². The fourth-order valence-electron chi connectivity index (χ4n) is 7.53. The molecule has 184 valence electrons. The second kappa shape index (κ2) is 8.15. The second-order valence-electron chi connectivity index (χ2n) is 10.8. The van der Waals surface area contributed by atoms with Gasteiger partial charge >= 0.3 is 0 Å². The van der Waals surface area contributed by atoms with Crippen LogP contribution >= 0.6 is 11.8 Å². The first-order chi connectivity index (χ1) is 17.1. The van der Waals surface area contributed by atoms with Gasteiger partial charge in [-0.1, -0.05) is 17.8 Å². The van der Waals surface area contributed by atoms with Gasteiger partial charge in [0, 0.05) is 35.0 Å². The third-order valence-corrected chi connectivity index (χ3v) is 10.3. The van der Waals surface area contributed by atoms with E-state index < -0.39 is 0 Å². The molecule has 2 aromatic rings. The number of hydrogen-bond donors (Lipinski definition) is 1. The maximum absolute atomic E-state index is 13.0. The van der Waals surface area contributed by atoms with Gasteiger partial charge in [0.15, 0.2) is 11.5 Å². The number of hydrogen-bond acceptors (Lipinski definition) is 7. The molecule has 0 amide bonds. The lowest BCUT2D eigenvalue weighted by Crippen LogP contribution is -2.66. The summed E-state index contributed by atoms with van der Waals surface area (Å²) in [6, 6.07) is 6.60. The molecule has 7 heteroatoms. The van der Waals surface area contributed by atoms with Crippen molar-refractivity contribution in [2.75, 3.05) is 20.2 Å². The Morgan fingerprint density at radius 1 is 1.34 bits per heavy atom. The molecule has 2 unspecified atom stereocenters. The predicted octanol–water partition coefficient (Wildman–Crippen LogP) is 4.05. The van der Waals surface area contributed by atoms with Crippen LogP contribution < -0.4 is 9.47 Å². The summed E-state index contributed by atoms with van der Waals surface area (Å²) in [6.07, 6.45) is 11.6. The zero-order valence-corrected chi connectivity index (χ0v) is 20.7. The van der Waals surface area contributed by atoms with E-state index in [9.17, 15) is 9.90 Å². The molecule has 7 rings (SSSR count). The molecule has 1 spiro atoms. The van der Waals surface area contributed by atoms with E-state index in [1.807, 2.05) is 18.2 Å². The third kappa shape index (κ3) is 3.35. The lowest BCUT2D eigenvalue weighted by molar-refractivity contribution is -0.107. The van der Waals surface area contributed by atoms with Crippen LogP contribution in [0, 0.1) is 11.8 Å². The number of aliphatic hydroxyl groups excluding tert-OH is 1. The Morgan fingerprint density at radius 3 is 3.00 bits per heavy atom. The van der Waals surface area contributed by atoms with E-state index >= 15 is 0 Å². The molecule has 1 N–H and O–H groups in total. The highest BCUT2D eigenvalue weighted by molar-refractivity contribution is 8.14. The minimum Gasteiger partial charge on any atom is -0.493 e. The van der Waals surface area contributed by atoms with E-state index in [1.165, 1.54) is 22.9 Å². The van der Waals surface area contributed by atoms with Crippen LogP contribution in [0.2, 0.25) is 0 Å². The molecule has 1 saturated heterocycles. The number of rotatable bonds is 6. The first-order valence-electron chi connectivity index (χ1n) is 12.8. The quantitative estimate of drug-likeness (QED) is 0.609. The Bertz CT molecular complexity index is 1180. The third-order valence-electron chi connectivity index (χ3n) is 9.16. The van der Waals surface area contributed by atoms with Gasteiger partial charge in [-0.25, -0.2) is 0 Å². The molecule has 3 aliphatic carbocycles. The smallest absolute Gasteiger partial charge is 0.212 e. The van der Waals surface area contributed by atoms with Crippen LogP contribution in [0.15, 0.2) is 41.2 Å². The van der Waals surface area contributed by atoms with Crippen LogP contribution in [0.25, 0.3) is 6.08 Å². The average molecular weight is 494 g/mol. The Hall–Kier alpha value is -2.22. The largest absolute Gasteiger partial charge is 0.493 e. The predicted molar refractivity (Wildman–Crippen MR) is 134 cm³/mol. The molecule has 3 heterocycles. The molecule has 2 aliphatic heterocycles. The van der Waals surface area contributed by atoms with Crippen LogP contribution in [0.5, 0.6) is 11.5 Å². The van der Waals surface area contributed by atoms with Crippen molar-refractivity contribution in [3.63, 3.8) is 0 Å². The summed E-state index contributed by atoms with van der Waals surface area (Å²) in [6.45, 7) is 2.02. The van der Waals surface area contributed by atoms with E-state index in [0.717, 1.165) is 62.3 Å². The molecule has 1 aromatic carbocycles. The van der Waals surface area contributed by atoms with Gasteiger partial charge in [-0.05, 0) is 74.4 Å². The number of aliphatic hydroxyl groups is 1. The van der Waals surface area contributed by atoms with Gasteiger partial charge < -0.3 is 19.0 Å². The van der Waals surface area contributed by atoms with E-state index in [2.05, 4.69) is 11.0 Å². The SMILES string of the molecule is COc1ccc2c3c1O[C@H]1[C@H](SC(=O)C=Cc4ccoc4)CC[C@H]4[C@@H](C2)N(CC2CC2O)CC[C@@]341. The molecule has 2 saturated carbocycles. The van der Waals surface area contributed by atoms with Gasteiger partial charge in [-0.3, -0.25) is 9.69 Å². The van der Waals surface area contributed by atoms with Gasteiger partial charge in [0.25, 0.3) is 0 Å². The summed E-state index contributed by atoms with van der Waals surface area (Å²) < 4.78 is 17.7. The van der Waals surface area contributed by atoms with Crippen molar-refractivity contribution in [1.29, 1.82) is 0 Å². The number of methoxy groups -OCH3 is 1. The number of likely N-dealkylation sites (tertiary alicyclic amines) is 1. The molecule has 35 heavy (non-hydrogen) atoms. The van der Waals surface area contributed by atoms with Gasteiger partial charge in [0.2, 0.25) is 5.12 Å². The maximum atomic E-state index is 13.0. The average Bonchev–Trinajstić information content (AvgIpc) is 3.23.